The van der Waals surface area contributed by atoms with Crippen LogP contribution in [0.4, 0.5) is 17.2 Å². The second-order valence-electron chi connectivity index (χ2n) is 7.17. The number of hydrogen-bond acceptors (Lipinski definition) is 7. The Morgan fingerprint density at radius 3 is 2.48 bits per heavy atom. The highest BCUT2D eigenvalue weighted by Gasteiger charge is 2.26. The molecule has 0 aliphatic carbocycles. The van der Waals surface area contributed by atoms with Crippen LogP contribution < -0.4 is 21.9 Å². The number of ether oxygens (including phenoxy) is 1. The number of para-hydroxylation sites is 1. The van der Waals surface area contributed by atoms with Crippen LogP contribution in [-0.4, -0.2) is 40.6 Å². The van der Waals surface area contributed by atoms with E-state index in [0.717, 1.165) is 15.0 Å². The molecule has 3 N–H and O–H groups in total. The fourth-order valence-electron chi connectivity index (χ4n) is 3.40. The first-order valence-corrected chi connectivity index (χ1v) is 10.0. The number of H-pyrrole nitrogens is 1. The van der Waals surface area contributed by atoms with Crippen LogP contribution in [0, 0.1) is 10.1 Å². The van der Waals surface area contributed by atoms with Gasteiger partial charge >= 0.3 is 5.69 Å². The third-order valence-corrected chi connectivity index (χ3v) is 5.02. The topological polar surface area (TPSA) is 154 Å². The first kappa shape index (κ1) is 23.4. The number of hydrogen-bond donors (Lipinski definition) is 2. The monoisotopic (exact) mass is 453 g/mol. The molecule has 0 unspecified atom stereocenters. The molecule has 2 aromatic carbocycles. The van der Waals surface area contributed by atoms with Crippen LogP contribution in [-0.2, 0) is 22.5 Å². The Labute approximate surface area is 188 Å². The zero-order valence-corrected chi connectivity index (χ0v) is 17.9. The lowest BCUT2D eigenvalue weighted by molar-refractivity contribution is -0.385. The lowest BCUT2D eigenvalue weighted by Gasteiger charge is -2.24. The number of aromatic amines is 1. The van der Waals surface area contributed by atoms with Gasteiger partial charge in [0.15, 0.2) is 5.69 Å². The fraction of sp³-hybridized carbons (Fsp3) is 0.227. The number of methoxy groups -OCH3 is 1. The lowest BCUT2D eigenvalue weighted by atomic mass is 10.1. The molecule has 11 nitrogen and oxygen atoms in total. The predicted octanol–water partition coefficient (Wildman–Crippen LogP) is 1.30. The molecule has 3 rings (SSSR count). The number of nitrogen functional groups attached to an aromatic ring is 1. The van der Waals surface area contributed by atoms with Crippen molar-refractivity contribution < 1.29 is 14.5 Å². The Kier molecular flexibility index (Phi) is 7.36. The normalized spacial score (nSPS) is 10.7. The number of benzene rings is 2. The minimum atomic E-state index is -0.839. The van der Waals surface area contributed by atoms with Crippen molar-refractivity contribution in [3.8, 4) is 0 Å². The molecule has 172 valence electrons. The summed E-state index contributed by atoms with van der Waals surface area (Å²) in [4.78, 5) is 52.4. The Bertz CT molecular complexity index is 1270. The number of carbonyl (C=O) groups excluding carboxylic acids is 1. The van der Waals surface area contributed by atoms with E-state index >= 15 is 0 Å². The molecule has 3 aromatic rings. The number of aromatic nitrogens is 2. The number of nitrogens with one attached hydrogen (secondary N) is 1. The number of amides is 1. The van der Waals surface area contributed by atoms with Gasteiger partial charge in [-0.05, 0) is 5.56 Å². The number of nitrogens with two attached hydrogens (primary N) is 1. The predicted molar refractivity (Wildman–Crippen MR) is 122 cm³/mol. The number of rotatable bonds is 9. The van der Waals surface area contributed by atoms with Crippen molar-refractivity contribution in [3.05, 3.63) is 96.7 Å². The van der Waals surface area contributed by atoms with Gasteiger partial charge in [-0.25, -0.2) is 4.79 Å². The van der Waals surface area contributed by atoms with E-state index in [1.54, 1.807) is 30.3 Å². The number of nitrogens with zero attached hydrogens (tertiary/aromatic N) is 3. The van der Waals surface area contributed by atoms with Gasteiger partial charge in [0.2, 0.25) is 5.91 Å². The second-order valence-corrected chi connectivity index (χ2v) is 7.17. The zero-order valence-electron chi connectivity index (χ0n) is 17.9. The second kappa shape index (κ2) is 10.4. The smallest absolute Gasteiger partial charge is 0.330 e. The molecule has 1 heterocycles. The molecular formula is C22H23N5O6. The van der Waals surface area contributed by atoms with E-state index in [2.05, 4.69) is 4.98 Å². The maximum absolute atomic E-state index is 13.2. The molecular weight excluding hydrogens is 430 g/mol. The molecule has 0 aliphatic rings. The van der Waals surface area contributed by atoms with Crippen molar-refractivity contribution in [2.45, 2.75) is 13.0 Å². The zero-order chi connectivity index (χ0) is 24.0. The van der Waals surface area contributed by atoms with Gasteiger partial charge in [0, 0.05) is 25.3 Å². The van der Waals surface area contributed by atoms with Gasteiger partial charge in [-0.2, -0.15) is 0 Å². The van der Waals surface area contributed by atoms with Crippen LogP contribution in [0.25, 0.3) is 0 Å². The quantitative estimate of drug-likeness (QED) is 0.366. The van der Waals surface area contributed by atoms with Crippen molar-refractivity contribution in [1.29, 1.82) is 0 Å². The maximum Gasteiger partial charge on any atom is 0.330 e. The Morgan fingerprint density at radius 1 is 1.15 bits per heavy atom. The van der Waals surface area contributed by atoms with Crippen molar-refractivity contribution in [1.82, 2.24) is 9.55 Å². The summed E-state index contributed by atoms with van der Waals surface area (Å²) in [6.07, 6.45) is -0.350. The van der Waals surface area contributed by atoms with Crippen molar-refractivity contribution in [2.75, 3.05) is 30.9 Å². The standard InChI is InChI=1S/C22H23N5O6/c1-33-12-11-25(18(28)13-16-9-5-6-10-17(16)27(31)32)19-20(23)26(22(30)24-21(19)29)14-15-7-3-2-4-8-15/h2-10H,11-14,23H2,1H3,(H,24,29,30). The molecule has 0 bridgehead atoms. The molecule has 0 fully saturated rings. The van der Waals surface area contributed by atoms with Crippen LogP contribution >= 0.6 is 0 Å². The van der Waals surface area contributed by atoms with E-state index in [-0.39, 0.29) is 48.9 Å². The van der Waals surface area contributed by atoms with Gasteiger partial charge in [-0.3, -0.25) is 29.3 Å². The maximum atomic E-state index is 13.2. The minimum Gasteiger partial charge on any atom is -0.383 e. The third-order valence-electron chi connectivity index (χ3n) is 5.02. The largest absolute Gasteiger partial charge is 0.383 e. The molecule has 0 radical (unpaired) electrons. The minimum absolute atomic E-state index is 0.0488. The molecule has 0 aliphatic heterocycles. The number of nitro benzene ring substituents is 1. The van der Waals surface area contributed by atoms with Gasteiger partial charge in [0.05, 0.1) is 24.5 Å². The highest BCUT2D eigenvalue weighted by Crippen LogP contribution is 2.22. The van der Waals surface area contributed by atoms with Crippen LogP contribution in [0.15, 0.2) is 64.2 Å². The van der Waals surface area contributed by atoms with Crippen LogP contribution in [0.2, 0.25) is 0 Å². The number of anilines is 2. The summed E-state index contributed by atoms with van der Waals surface area (Å²) in [7, 11) is 1.43. The summed E-state index contributed by atoms with van der Waals surface area (Å²) in [5.41, 5.74) is 5.17. The van der Waals surface area contributed by atoms with Gasteiger partial charge in [-0.1, -0.05) is 48.5 Å². The summed E-state index contributed by atoms with van der Waals surface area (Å²) < 4.78 is 6.22. The third kappa shape index (κ3) is 5.33. The average molecular weight is 453 g/mol. The molecule has 1 aromatic heterocycles. The number of carbonyl (C=O) groups is 1. The van der Waals surface area contributed by atoms with E-state index in [4.69, 9.17) is 10.5 Å². The van der Waals surface area contributed by atoms with Gasteiger partial charge < -0.3 is 15.4 Å². The van der Waals surface area contributed by atoms with Gasteiger partial charge in [-0.15, -0.1) is 0 Å². The van der Waals surface area contributed by atoms with Crippen LogP contribution in [0.1, 0.15) is 11.1 Å². The van der Waals surface area contributed by atoms with E-state index < -0.39 is 22.1 Å². The van der Waals surface area contributed by atoms with Gasteiger partial charge in [0.25, 0.3) is 11.2 Å². The Morgan fingerprint density at radius 2 is 1.82 bits per heavy atom. The van der Waals surface area contributed by atoms with Crippen molar-refractivity contribution >= 4 is 23.1 Å². The summed E-state index contributed by atoms with van der Waals surface area (Å²) in [6.45, 7) is 0.0951. The van der Waals surface area contributed by atoms with Crippen molar-refractivity contribution in [3.63, 3.8) is 0 Å². The average Bonchev–Trinajstić information content (AvgIpc) is 2.79. The molecule has 11 heteroatoms. The molecule has 1 amide bonds. The SMILES string of the molecule is COCCN(C(=O)Cc1ccccc1[N+](=O)[O-])c1c(N)n(Cc2ccccc2)c(=O)[nH]c1=O. The number of nitro groups is 1. The first-order chi connectivity index (χ1) is 15.8. The fourth-order valence-corrected chi connectivity index (χ4v) is 3.40. The van der Waals surface area contributed by atoms with E-state index in [9.17, 15) is 24.5 Å². The molecule has 0 saturated carbocycles. The Balaban J connectivity index is 2.04. The van der Waals surface area contributed by atoms with Crippen molar-refractivity contribution in [2.24, 2.45) is 0 Å². The molecule has 0 saturated heterocycles. The Hall–Kier alpha value is -4.25. The van der Waals surface area contributed by atoms with E-state index in [1.165, 1.54) is 25.3 Å². The molecule has 33 heavy (non-hydrogen) atoms. The first-order valence-electron chi connectivity index (χ1n) is 10.0. The molecule has 0 spiro atoms. The molecule has 0 atom stereocenters. The summed E-state index contributed by atoms with van der Waals surface area (Å²) in [5, 5.41) is 11.3. The highest BCUT2D eigenvalue weighted by molar-refractivity contribution is 5.97. The van der Waals surface area contributed by atoms with Crippen LogP contribution in [0.3, 0.4) is 0 Å². The van der Waals surface area contributed by atoms with Crippen LogP contribution in [0.5, 0.6) is 0 Å². The summed E-state index contributed by atoms with van der Waals surface area (Å²) >= 11 is 0. The van der Waals surface area contributed by atoms with E-state index in [0.29, 0.717) is 0 Å². The van der Waals surface area contributed by atoms with Gasteiger partial charge in [0.1, 0.15) is 5.82 Å². The van der Waals surface area contributed by atoms with E-state index in [1.807, 2.05) is 6.07 Å². The highest BCUT2D eigenvalue weighted by atomic mass is 16.6. The summed E-state index contributed by atoms with van der Waals surface area (Å²) in [5.74, 6) is -0.803. The summed E-state index contributed by atoms with van der Waals surface area (Å²) in [6, 6.07) is 14.8. The lowest BCUT2D eigenvalue weighted by Crippen LogP contribution is -2.43.